The van der Waals surface area contributed by atoms with Crippen LogP contribution in [0.4, 0.5) is 0 Å². The van der Waals surface area contributed by atoms with Crippen molar-refractivity contribution >= 4 is 0 Å². The van der Waals surface area contributed by atoms with E-state index >= 15 is 0 Å². The fourth-order valence-electron chi connectivity index (χ4n) is 2.62. The van der Waals surface area contributed by atoms with E-state index in [2.05, 4.69) is 36.1 Å². The fourth-order valence-corrected chi connectivity index (χ4v) is 2.62. The Morgan fingerprint density at radius 3 is 2.41 bits per heavy atom. The average Bonchev–Trinajstić information content (AvgIpc) is 2.32. The number of nitrogens with zero attached hydrogens (tertiary/aromatic N) is 1. The van der Waals surface area contributed by atoms with Crippen molar-refractivity contribution in [3.63, 3.8) is 0 Å². The number of rotatable bonds is 4. The molecule has 1 heterocycles. The molecule has 2 N–H and O–H groups in total. The van der Waals surface area contributed by atoms with E-state index in [1.165, 1.54) is 43.5 Å². The van der Waals surface area contributed by atoms with Gasteiger partial charge in [-0.05, 0) is 50.4 Å². The predicted molar refractivity (Wildman–Crippen MR) is 72.9 cm³/mol. The molecule has 1 aliphatic heterocycles. The molecule has 17 heavy (non-hydrogen) atoms. The molecule has 0 radical (unpaired) electrons. The maximum absolute atomic E-state index is 5.91. The van der Waals surface area contributed by atoms with Gasteiger partial charge in [0.2, 0.25) is 0 Å². The highest BCUT2D eigenvalue weighted by atomic mass is 15.1. The first-order valence-electron chi connectivity index (χ1n) is 6.80. The highest BCUT2D eigenvalue weighted by Crippen LogP contribution is 2.17. The third-order valence-corrected chi connectivity index (χ3v) is 3.50. The smallest absolute Gasteiger partial charge is 0.0236 e. The van der Waals surface area contributed by atoms with Crippen LogP contribution in [0.15, 0.2) is 24.3 Å². The van der Waals surface area contributed by atoms with Crippen molar-refractivity contribution in [2.45, 2.75) is 45.2 Å². The Morgan fingerprint density at radius 1 is 1.12 bits per heavy atom. The van der Waals surface area contributed by atoms with Gasteiger partial charge in [0.1, 0.15) is 0 Å². The number of likely N-dealkylation sites (tertiary alicyclic amines) is 1. The summed E-state index contributed by atoms with van der Waals surface area (Å²) in [6.07, 6.45) is 5.10. The summed E-state index contributed by atoms with van der Waals surface area (Å²) in [6.45, 7) is 5.69. The second-order valence-corrected chi connectivity index (χ2v) is 5.29. The normalized spacial score (nSPS) is 19.2. The molecule has 0 aromatic heterocycles. The van der Waals surface area contributed by atoms with Crippen LogP contribution < -0.4 is 5.73 Å². The van der Waals surface area contributed by atoms with Crippen LogP contribution in [0.2, 0.25) is 0 Å². The number of nitrogens with two attached hydrogens (primary N) is 1. The van der Waals surface area contributed by atoms with E-state index in [0.29, 0.717) is 0 Å². The predicted octanol–water partition coefficient (Wildman–Crippen LogP) is 2.56. The molecule has 1 aliphatic rings. The first-order chi connectivity index (χ1) is 8.25. The van der Waals surface area contributed by atoms with Gasteiger partial charge in [-0.3, -0.25) is 4.90 Å². The Balaban J connectivity index is 2.03. The highest BCUT2D eigenvalue weighted by Gasteiger charge is 2.12. The maximum Gasteiger partial charge on any atom is 0.0236 e. The summed E-state index contributed by atoms with van der Waals surface area (Å²) in [5.74, 6) is 0. The quantitative estimate of drug-likeness (QED) is 0.864. The molecule has 0 aliphatic carbocycles. The van der Waals surface area contributed by atoms with Crippen LogP contribution in [0.5, 0.6) is 0 Å². The van der Waals surface area contributed by atoms with Crippen LogP contribution >= 0.6 is 0 Å². The minimum absolute atomic E-state index is 0.248. The summed E-state index contributed by atoms with van der Waals surface area (Å²) in [5.41, 5.74) is 8.80. The van der Waals surface area contributed by atoms with E-state index in [1.54, 1.807) is 0 Å². The molecule has 0 spiro atoms. The van der Waals surface area contributed by atoms with E-state index in [-0.39, 0.29) is 6.04 Å². The SMILES string of the molecule is CC(N)Cc1ccccc1CN1CCCCC1. The molecule has 1 aromatic rings. The molecule has 0 saturated carbocycles. The maximum atomic E-state index is 5.91. The van der Waals surface area contributed by atoms with Gasteiger partial charge in [-0.2, -0.15) is 0 Å². The molecule has 0 bridgehead atoms. The second kappa shape index (κ2) is 6.18. The van der Waals surface area contributed by atoms with Gasteiger partial charge in [0, 0.05) is 12.6 Å². The molecule has 2 nitrogen and oxygen atoms in total. The Kier molecular flexibility index (Phi) is 4.57. The van der Waals surface area contributed by atoms with Crippen LogP contribution in [0.3, 0.4) is 0 Å². The molecule has 1 aromatic carbocycles. The number of hydrogen-bond donors (Lipinski definition) is 1. The molecule has 0 amide bonds. The van der Waals surface area contributed by atoms with Gasteiger partial charge in [-0.25, -0.2) is 0 Å². The molecule has 1 fully saturated rings. The third-order valence-electron chi connectivity index (χ3n) is 3.50. The van der Waals surface area contributed by atoms with E-state index in [1.807, 2.05) is 0 Å². The van der Waals surface area contributed by atoms with Crippen LogP contribution in [-0.2, 0) is 13.0 Å². The Bertz CT molecular complexity index is 341. The van der Waals surface area contributed by atoms with Crippen molar-refractivity contribution in [1.29, 1.82) is 0 Å². The van der Waals surface area contributed by atoms with Gasteiger partial charge in [0.25, 0.3) is 0 Å². The molecule has 94 valence electrons. The van der Waals surface area contributed by atoms with Crippen molar-refractivity contribution in [2.75, 3.05) is 13.1 Å². The van der Waals surface area contributed by atoms with Crippen molar-refractivity contribution in [3.05, 3.63) is 35.4 Å². The lowest BCUT2D eigenvalue weighted by Gasteiger charge is -2.27. The third kappa shape index (κ3) is 3.83. The Morgan fingerprint density at radius 2 is 1.76 bits per heavy atom. The lowest BCUT2D eigenvalue weighted by Crippen LogP contribution is -2.30. The molecular formula is C15H24N2. The molecule has 1 atom stereocenters. The lowest BCUT2D eigenvalue weighted by molar-refractivity contribution is 0.220. The van der Waals surface area contributed by atoms with Crippen LogP contribution in [0, 0.1) is 0 Å². The van der Waals surface area contributed by atoms with Crippen molar-refractivity contribution in [1.82, 2.24) is 4.90 Å². The zero-order chi connectivity index (χ0) is 12.1. The Labute approximate surface area is 105 Å². The van der Waals surface area contributed by atoms with E-state index in [9.17, 15) is 0 Å². The molecular weight excluding hydrogens is 208 g/mol. The zero-order valence-electron chi connectivity index (χ0n) is 10.9. The van der Waals surface area contributed by atoms with Crippen molar-refractivity contribution in [3.8, 4) is 0 Å². The number of hydrogen-bond acceptors (Lipinski definition) is 2. The first kappa shape index (κ1) is 12.6. The standard InChI is InChI=1S/C15H24N2/c1-13(16)11-14-7-3-4-8-15(14)12-17-9-5-2-6-10-17/h3-4,7-8,13H,2,5-6,9-12,16H2,1H3. The van der Waals surface area contributed by atoms with Crippen LogP contribution in [0.1, 0.15) is 37.3 Å². The summed E-state index contributed by atoms with van der Waals surface area (Å²) in [4.78, 5) is 2.57. The van der Waals surface area contributed by atoms with E-state index in [0.717, 1.165) is 13.0 Å². The van der Waals surface area contributed by atoms with E-state index in [4.69, 9.17) is 5.73 Å². The molecule has 2 heteroatoms. The van der Waals surface area contributed by atoms with Crippen molar-refractivity contribution < 1.29 is 0 Å². The molecule has 2 rings (SSSR count). The van der Waals surface area contributed by atoms with E-state index < -0.39 is 0 Å². The molecule has 1 unspecified atom stereocenters. The highest BCUT2D eigenvalue weighted by molar-refractivity contribution is 5.27. The summed E-state index contributed by atoms with van der Waals surface area (Å²) < 4.78 is 0. The number of piperidine rings is 1. The summed E-state index contributed by atoms with van der Waals surface area (Å²) in [6, 6.07) is 8.99. The molecule has 1 saturated heterocycles. The van der Waals surface area contributed by atoms with Crippen LogP contribution in [-0.4, -0.2) is 24.0 Å². The summed E-state index contributed by atoms with van der Waals surface area (Å²) in [7, 11) is 0. The minimum Gasteiger partial charge on any atom is -0.328 e. The zero-order valence-corrected chi connectivity index (χ0v) is 10.9. The van der Waals surface area contributed by atoms with Gasteiger partial charge in [0.15, 0.2) is 0 Å². The van der Waals surface area contributed by atoms with Crippen molar-refractivity contribution in [2.24, 2.45) is 5.73 Å². The number of benzene rings is 1. The van der Waals surface area contributed by atoms with Gasteiger partial charge >= 0.3 is 0 Å². The minimum atomic E-state index is 0.248. The second-order valence-electron chi connectivity index (χ2n) is 5.29. The summed E-state index contributed by atoms with van der Waals surface area (Å²) >= 11 is 0. The van der Waals surface area contributed by atoms with Gasteiger partial charge in [-0.1, -0.05) is 30.7 Å². The van der Waals surface area contributed by atoms with Gasteiger partial charge in [-0.15, -0.1) is 0 Å². The average molecular weight is 232 g/mol. The summed E-state index contributed by atoms with van der Waals surface area (Å²) in [5, 5.41) is 0. The topological polar surface area (TPSA) is 29.3 Å². The van der Waals surface area contributed by atoms with Crippen LogP contribution in [0.25, 0.3) is 0 Å². The monoisotopic (exact) mass is 232 g/mol. The first-order valence-corrected chi connectivity index (χ1v) is 6.80. The Hall–Kier alpha value is -0.860. The lowest BCUT2D eigenvalue weighted by atomic mass is 10.00. The fraction of sp³-hybridized carbons (Fsp3) is 0.600. The van der Waals surface area contributed by atoms with Gasteiger partial charge in [0.05, 0.1) is 0 Å². The largest absolute Gasteiger partial charge is 0.328 e. The van der Waals surface area contributed by atoms with Gasteiger partial charge < -0.3 is 5.73 Å².